The number of phenols is 1. The van der Waals surface area contributed by atoms with Crippen LogP contribution in [0, 0.1) is 0 Å². The van der Waals surface area contributed by atoms with E-state index in [-0.39, 0.29) is 5.75 Å². The highest BCUT2D eigenvalue weighted by Gasteiger charge is 2.14. The molecule has 5 heteroatoms. The SMILES string of the molecule is CSc1cc(-c2ccccc2O)nc(N)c1-c1ccc(Br)cc1. The lowest BCUT2D eigenvalue weighted by atomic mass is 10.0. The molecule has 0 spiro atoms. The van der Waals surface area contributed by atoms with Crippen LogP contribution in [-0.4, -0.2) is 16.3 Å². The molecule has 1 heterocycles. The van der Waals surface area contributed by atoms with Crippen LogP contribution in [0.2, 0.25) is 0 Å². The Morgan fingerprint density at radius 1 is 1.09 bits per heavy atom. The second-order valence-electron chi connectivity index (χ2n) is 4.99. The Kier molecular flexibility index (Phi) is 4.59. The van der Waals surface area contributed by atoms with Crippen molar-refractivity contribution < 1.29 is 5.11 Å². The lowest BCUT2D eigenvalue weighted by Crippen LogP contribution is -1.98. The van der Waals surface area contributed by atoms with Gasteiger partial charge in [-0.1, -0.05) is 40.2 Å². The molecule has 3 aromatic rings. The Hall–Kier alpha value is -1.98. The predicted molar refractivity (Wildman–Crippen MR) is 101 cm³/mol. The molecule has 23 heavy (non-hydrogen) atoms. The summed E-state index contributed by atoms with van der Waals surface area (Å²) in [5.74, 6) is 0.653. The Labute approximate surface area is 147 Å². The summed E-state index contributed by atoms with van der Waals surface area (Å²) in [6, 6.07) is 17.1. The maximum Gasteiger partial charge on any atom is 0.133 e. The predicted octanol–water partition coefficient (Wildman–Crippen LogP) is 5.19. The van der Waals surface area contributed by atoms with E-state index in [1.807, 2.05) is 48.7 Å². The molecule has 0 aliphatic carbocycles. The zero-order valence-corrected chi connectivity index (χ0v) is 14.9. The molecule has 0 amide bonds. The number of nitrogen functional groups attached to an aromatic ring is 1. The number of hydrogen-bond acceptors (Lipinski definition) is 4. The van der Waals surface area contributed by atoms with Crippen LogP contribution in [-0.2, 0) is 0 Å². The number of hydrogen-bond donors (Lipinski definition) is 2. The average Bonchev–Trinajstić information content (AvgIpc) is 2.55. The highest BCUT2D eigenvalue weighted by Crippen LogP contribution is 2.38. The number of phenolic OH excluding ortho intramolecular Hbond substituents is 1. The van der Waals surface area contributed by atoms with E-state index < -0.39 is 0 Å². The van der Waals surface area contributed by atoms with E-state index in [1.165, 1.54) is 0 Å². The van der Waals surface area contributed by atoms with E-state index in [9.17, 15) is 5.11 Å². The van der Waals surface area contributed by atoms with Gasteiger partial charge < -0.3 is 10.8 Å². The van der Waals surface area contributed by atoms with Crippen molar-refractivity contribution in [1.29, 1.82) is 0 Å². The van der Waals surface area contributed by atoms with Crippen LogP contribution < -0.4 is 5.73 Å². The highest BCUT2D eigenvalue weighted by molar-refractivity contribution is 9.10. The van der Waals surface area contributed by atoms with E-state index >= 15 is 0 Å². The van der Waals surface area contributed by atoms with Crippen molar-refractivity contribution in [1.82, 2.24) is 4.98 Å². The number of benzene rings is 2. The summed E-state index contributed by atoms with van der Waals surface area (Å²) in [7, 11) is 0. The fourth-order valence-corrected chi connectivity index (χ4v) is 3.36. The van der Waals surface area contributed by atoms with Gasteiger partial charge in [-0.3, -0.25) is 0 Å². The first-order valence-corrected chi connectivity index (χ1v) is 9.00. The van der Waals surface area contributed by atoms with Gasteiger partial charge >= 0.3 is 0 Å². The highest BCUT2D eigenvalue weighted by atomic mass is 79.9. The summed E-state index contributed by atoms with van der Waals surface area (Å²) >= 11 is 5.05. The summed E-state index contributed by atoms with van der Waals surface area (Å²) < 4.78 is 1.02. The van der Waals surface area contributed by atoms with Crippen molar-refractivity contribution in [2.24, 2.45) is 0 Å². The third kappa shape index (κ3) is 3.21. The van der Waals surface area contributed by atoms with Crippen LogP contribution in [0.15, 0.2) is 64.0 Å². The van der Waals surface area contributed by atoms with Crippen molar-refractivity contribution in [2.75, 3.05) is 12.0 Å². The number of pyridine rings is 1. The van der Waals surface area contributed by atoms with Crippen molar-refractivity contribution in [3.8, 4) is 28.1 Å². The zero-order valence-electron chi connectivity index (χ0n) is 12.5. The van der Waals surface area contributed by atoms with Crippen LogP contribution in [0.5, 0.6) is 5.75 Å². The third-order valence-corrected chi connectivity index (χ3v) is 4.83. The van der Waals surface area contributed by atoms with E-state index in [0.717, 1.165) is 20.5 Å². The van der Waals surface area contributed by atoms with Gasteiger partial charge in [0, 0.05) is 20.5 Å². The number of para-hydroxylation sites is 1. The Balaban J connectivity index is 2.17. The molecule has 3 nitrogen and oxygen atoms in total. The summed E-state index contributed by atoms with van der Waals surface area (Å²) in [6.07, 6.45) is 2.01. The third-order valence-electron chi connectivity index (χ3n) is 3.54. The minimum atomic E-state index is 0.197. The second-order valence-corrected chi connectivity index (χ2v) is 6.76. The van der Waals surface area contributed by atoms with Crippen molar-refractivity contribution >= 4 is 33.5 Å². The Bertz CT molecular complexity index is 850. The molecule has 0 fully saturated rings. The topological polar surface area (TPSA) is 59.1 Å². The lowest BCUT2D eigenvalue weighted by Gasteiger charge is -2.13. The molecular formula is C18H15BrN2OS. The van der Waals surface area contributed by atoms with Gasteiger partial charge in [0.2, 0.25) is 0 Å². The maximum atomic E-state index is 10.0. The second kappa shape index (κ2) is 6.64. The number of aromatic hydroxyl groups is 1. The fourth-order valence-electron chi connectivity index (χ4n) is 2.44. The number of halogens is 1. The molecule has 0 aliphatic heterocycles. The minimum Gasteiger partial charge on any atom is -0.507 e. The van der Waals surface area contributed by atoms with Crippen LogP contribution in [0.3, 0.4) is 0 Å². The van der Waals surface area contributed by atoms with E-state index in [1.54, 1.807) is 23.9 Å². The first kappa shape index (κ1) is 15.9. The maximum absolute atomic E-state index is 10.0. The van der Waals surface area contributed by atoms with Crippen LogP contribution in [0.4, 0.5) is 5.82 Å². The molecular weight excluding hydrogens is 372 g/mol. The molecule has 0 saturated heterocycles. The standard InChI is InChI=1S/C18H15BrN2OS/c1-23-16-10-14(13-4-2-3-5-15(13)22)21-18(20)17(16)11-6-8-12(19)9-7-11/h2-10,22H,1H3,(H2,20,21). The number of nitrogens with zero attached hydrogens (tertiary/aromatic N) is 1. The first-order valence-electron chi connectivity index (χ1n) is 6.99. The molecule has 0 unspecified atom stereocenters. The summed E-state index contributed by atoms with van der Waals surface area (Å²) in [4.78, 5) is 5.53. The molecule has 1 aromatic heterocycles. The van der Waals surface area contributed by atoms with Gasteiger partial charge in [0.1, 0.15) is 11.6 Å². The molecule has 3 rings (SSSR count). The summed E-state index contributed by atoms with van der Waals surface area (Å²) in [5.41, 5.74) is 9.53. The molecule has 0 bridgehead atoms. The smallest absolute Gasteiger partial charge is 0.133 e. The monoisotopic (exact) mass is 386 g/mol. The molecule has 0 aliphatic rings. The molecule has 116 valence electrons. The molecule has 2 aromatic carbocycles. The van der Waals surface area contributed by atoms with Crippen LogP contribution in [0.25, 0.3) is 22.4 Å². The quantitative estimate of drug-likeness (QED) is 0.608. The van der Waals surface area contributed by atoms with Gasteiger partial charge in [0.25, 0.3) is 0 Å². The van der Waals surface area contributed by atoms with Gasteiger partial charge in [-0.2, -0.15) is 0 Å². The normalized spacial score (nSPS) is 10.7. The molecule has 0 radical (unpaired) electrons. The van der Waals surface area contributed by atoms with Crippen LogP contribution in [0.1, 0.15) is 0 Å². The largest absolute Gasteiger partial charge is 0.507 e. The molecule has 0 saturated carbocycles. The van der Waals surface area contributed by atoms with E-state index in [4.69, 9.17) is 5.73 Å². The lowest BCUT2D eigenvalue weighted by molar-refractivity contribution is 0.477. The minimum absolute atomic E-state index is 0.197. The fraction of sp³-hybridized carbons (Fsp3) is 0.0556. The molecule has 0 atom stereocenters. The van der Waals surface area contributed by atoms with Gasteiger partial charge in [-0.25, -0.2) is 4.98 Å². The van der Waals surface area contributed by atoms with Gasteiger partial charge in [0.15, 0.2) is 0 Å². The number of thioether (sulfide) groups is 1. The number of nitrogens with two attached hydrogens (primary N) is 1. The van der Waals surface area contributed by atoms with Crippen LogP contribution >= 0.6 is 27.7 Å². The Morgan fingerprint density at radius 3 is 2.43 bits per heavy atom. The van der Waals surface area contributed by atoms with Gasteiger partial charge in [0.05, 0.1) is 5.69 Å². The zero-order chi connectivity index (χ0) is 16.4. The number of anilines is 1. The summed E-state index contributed by atoms with van der Waals surface area (Å²) in [5, 5.41) is 10.0. The van der Waals surface area contributed by atoms with E-state index in [0.29, 0.717) is 17.1 Å². The number of rotatable bonds is 3. The average molecular weight is 387 g/mol. The summed E-state index contributed by atoms with van der Waals surface area (Å²) in [6.45, 7) is 0. The van der Waals surface area contributed by atoms with E-state index in [2.05, 4.69) is 20.9 Å². The van der Waals surface area contributed by atoms with Crippen molar-refractivity contribution in [3.63, 3.8) is 0 Å². The first-order chi connectivity index (χ1) is 11.1. The Morgan fingerprint density at radius 2 is 1.78 bits per heavy atom. The van der Waals surface area contributed by atoms with Crippen molar-refractivity contribution in [2.45, 2.75) is 4.90 Å². The van der Waals surface area contributed by atoms with Crippen molar-refractivity contribution in [3.05, 3.63) is 59.1 Å². The molecule has 3 N–H and O–H groups in total. The number of aromatic nitrogens is 1. The van der Waals surface area contributed by atoms with Gasteiger partial charge in [-0.15, -0.1) is 11.8 Å². The van der Waals surface area contributed by atoms with Gasteiger partial charge in [-0.05, 0) is 42.2 Å².